The summed E-state index contributed by atoms with van der Waals surface area (Å²) in [5, 5.41) is 2.87. The van der Waals surface area contributed by atoms with Crippen LogP contribution in [-0.4, -0.2) is 28.0 Å². The van der Waals surface area contributed by atoms with Crippen molar-refractivity contribution in [1.82, 2.24) is 0 Å². The van der Waals surface area contributed by atoms with E-state index in [0.717, 1.165) is 35.4 Å². The van der Waals surface area contributed by atoms with Crippen LogP contribution in [0.4, 0.5) is 15.8 Å². The Morgan fingerprint density at radius 1 is 1.06 bits per heavy atom. The van der Waals surface area contributed by atoms with Gasteiger partial charge < -0.3 is 10.1 Å². The Hall–Kier alpha value is -3.39. The Morgan fingerprint density at radius 3 is 2.48 bits per heavy atom. The number of carbonyl (C=O) groups is 1. The van der Waals surface area contributed by atoms with E-state index >= 15 is 0 Å². The van der Waals surface area contributed by atoms with E-state index in [-0.39, 0.29) is 10.8 Å². The molecule has 0 bridgehead atoms. The van der Waals surface area contributed by atoms with Crippen LogP contribution in [0.5, 0.6) is 5.75 Å². The van der Waals surface area contributed by atoms with Gasteiger partial charge in [0.15, 0.2) is 0 Å². The largest absolute Gasteiger partial charge is 0.497 e. The highest BCUT2D eigenvalue weighted by molar-refractivity contribution is 7.92. The van der Waals surface area contributed by atoms with Crippen LogP contribution in [0, 0.1) is 5.82 Å². The molecule has 1 aliphatic rings. The fourth-order valence-electron chi connectivity index (χ4n) is 3.88. The number of methoxy groups -OCH3 is 1. The second-order valence-corrected chi connectivity index (χ2v) is 9.74. The first kappa shape index (κ1) is 22.8. The van der Waals surface area contributed by atoms with E-state index in [1.807, 2.05) is 30.3 Å². The molecule has 1 N–H and O–H groups in total. The Bertz CT molecular complexity index is 1240. The van der Waals surface area contributed by atoms with Gasteiger partial charge in [0.1, 0.15) is 11.6 Å². The van der Waals surface area contributed by atoms with Crippen LogP contribution in [0.3, 0.4) is 0 Å². The molecule has 1 amide bonds. The second-order valence-electron chi connectivity index (χ2n) is 7.87. The molecule has 6 nitrogen and oxygen atoms in total. The summed E-state index contributed by atoms with van der Waals surface area (Å²) in [5.41, 5.74) is 2.99. The third kappa shape index (κ3) is 5.17. The molecule has 0 saturated carbocycles. The zero-order valence-corrected chi connectivity index (χ0v) is 19.1. The number of carbonyl (C=O) groups excluding carboxylic acids is 1. The number of benzene rings is 3. The number of aryl methyl sites for hydroxylation is 2. The van der Waals surface area contributed by atoms with Crippen molar-refractivity contribution in [3.63, 3.8) is 0 Å². The van der Waals surface area contributed by atoms with E-state index in [1.165, 1.54) is 16.4 Å². The van der Waals surface area contributed by atoms with E-state index in [0.29, 0.717) is 37.2 Å². The quantitative estimate of drug-likeness (QED) is 0.552. The molecule has 0 unspecified atom stereocenters. The minimum atomic E-state index is -3.85. The summed E-state index contributed by atoms with van der Waals surface area (Å²) in [7, 11) is -2.24. The van der Waals surface area contributed by atoms with Gasteiger partial charge in [0.05, 0.1) is 17.7 Å². The molecule has 1 aliphatic heterocycles. The minimum Gasteiger partial charge on any atom is -0.497 e. The van der Waals surface area contributed by atoms with Crippen LogP contribution in [-0.2, 0) is 27.7 Å². The molecule has 0 aliphatic carbocycles. The first-order chi connectivity index (χ1) is 15.9. The average Bonchev–Trinajstić information content (AvgIpc) is 2.83. The van der Waals surface area contributed by atoms with Crippen molar-refractivity contribution in [3.8, 4) is 5.75 Å². The van der Waals surface area contributed by atoms with Crippen LogP contribution in [0.25, 0.3) is 0 Å². The zero-order chi connectivity index (χ0) is 23.4. The van der Waals surface area contributed by atoms with Crippen molar-refractivity contribution in [2.24, 2.45) is 0 Å². The summed E-state index contributed by atoms with van der Waals surface area (Å²) in [6.07, 6.45) is 2.30. The molecule has 4 rings (SSSR count). The fourth-order valence-corrected chi connectivity index (χ4v) is 5.41. The molecule has 0 aromatic heterocycles. The zero-order valence-electron chi connectivity index (χ0n) is 18.3. The Kier molecular flexibility index (Phi) is 6.65. The highest BCUT2D eigenvalue weighted by atomic mass is 32.2. The third-order valence-electron chi connectivity index (χ3n) is 5.65. The molecule has 3 aromatic rings. The van der Waals surface area contributed by atoms with E-state index in [4.69, 9.17) is 4.74 Å². The number of fused-ring (bicyclic) bond motifs is 1. The molecule has 33 heavy (non-hydrogen) atoms. The number of rotatable bonds is 7. The standard InChI is InChI=1S/C25H25FN2O4S/c1-32-22-11-4-18(5-12-22)6-15-25(29)27-21-10-7-19-3-2-16-28(24(19)17-21)33(30,31)23-13-8-20(26)9-14-23/h4-5,7-14,17H,2-3,6,15-16H2,1H3,(H,27,29). The monoisotopic (exact) mass is 468 g/mol. The summed E-state index contributed by atoms with van der Waals surface area (Å²) in [6, 6.07) is 17.7. The van der Waals surface area contributed by atoms with Crippen LogP contribution in [0.15, 0.2) is 71.6 Å². The number of sulfonamides is 1. The SMILES string of the molecule is COc1ccc(CCC(=O)Nc2ccc3c(c2)N(S(=O)(=O)c2ccc(F)cc2)CCC3)cc1. The van der Waals surface area contributed by atoms with Gasteiger partial charge in [-0.2, -0.15) is 0 Å². The summed E-state index contributed by atoms with van der Waals surface area (Å²) in [5.74, 6) is 0.111. The van der Waals surface area contributed by atoms with Crippen molar-refractivity contribution in [1.29, 1.82) is 0 Å². The number of hydrogen-bond acceptors (Lipinski definition) is 4. The van der Waals surface area contributed by atoms with Crippen LogP contribution in [0.2, 0.25) is 0 Å². The number of nitrogens with zero attached hydrogens (tertiary/aromatic N) is 1. The van der Waals surface area contributed by atoms with Crippen LogP contribution >= 0.6 is 0 Å². The lowest BCUT2D eigenvalue weighted by atomic mass is 10.0. The van der Waals surface area contributed by atoms with Crippen molar-refractivity contribution in [2.75, 3.05) is 23.3 Å². The van der Waals surface area contributed by atoms with Gasteiger partial charge in [-0.3, -0.25) is 9.10 Å². The van der Waals surface area contributed by atoms with Gasteiger partial charge in [0.2, 0.25) is 5.91 Å². The van der Waals surface area contributed by atoms with Crippen molar-refractivity contribution < 1.29 is 22.3 Å². The molecular weight excluding hydrogens is 443 g/mol. The molecule has 8 heteroatoms. The summed E-state index contributed by atoms with van der Waals surface area (Å²) < 4.78 is 46.2. The molecule has 172 valence electrons. The number of hydrogen-bond donors (Lipinski definition) is 1. The van der Waals surface area contributed by atoms with Crippen LogP contribution < -0.4 is 14.4 Å². The van der Waals surface area contributed by atoms with E-state index in [9.17, 15) is 17.6 Å². The van der Waals surface area contributed by atoms with E-state index < -0.39 is 15.8 Å². The highest BCUT2D eigenvalue weighted by Gasteiger charge is 2.29. The van der Waals surface area contributed by atoms with Gasteiger partial charge in [-0.25, -0.2) is 12.8 Å². The van der Waals surface area contributed by atoms with Crippen molar-refractivity contribution in [3.05, 3.63) is 83.7 Å². The maximum Gasteiger partial charge on any atom is 0.264 e. The molecule has 1 heterocycles. The number of halogens is 1. The highest BCUT2D eigenvalue weighted by Crippen LogP contribution is 2.34. The predicted molar refractivity (Wildman–Crippen MR) is 126 cm³/mol. The van der Waals surface area contributed by atoms with Gasteiger partial charge in [0, 0.05) is 18.7 Å². The smallest absolute Gasteiger partial charge is 0.264 e. The number of nitrogens with one attached hydrogen (secondary N) is 1. The summed E-state index contributed by atoms with van der Waals surface area (Å²) in [4.78, 5) is 12.5. The van der Waals surface area contributed by atoms with Crippen LogP contribution in [0.1, 0.15) is 24.0 Å². The number of anilines is 2. The van der Waals surface area contributed by atoms with Crippen molar-refractivity contribution in [2.45, 2.75) is 30.6 Å². The Morgan fingerprint density at radius 2 is 1.79 bits per heavy atom. The lowest BCUT2D eigenvalue weighted by Crippen LogP contribution is -2.35. The van der Waals surface area contributed by atoms with E-state index in [2.05, 4.69) is 5.32 Å². The van der Waals surface area contributed by atoms with Gasteiger partial charge >= 0.3 is 0 Å². The summed E-state index contributed by atoms with van der Waals surface area (Å²) >= 11 is 0. The van der Waals surface area contributed by atoms with Gasteiger partial charge in [-0.05, 0) is 78.9 Å². The van der Waals surface area contributed by atoms with Gasteiger partial charge in [0.25, 0.3) is 10.0 Å². The van der Waals surface area contributed by atoms with Crippen molar-refractivity contribution >= 4 is 27.3 Å². The average molecular weight is 469 g/mol. The molecule has 0 atom stereocenters. The first-order valence-electron chi connectivity index (χ1n) is 10.7. The van der Waals surface area contributed by atoms with E-state index in [1.54, 1.807) is 19.2 Å². The maximum atomic E-state index is 13.3. The van der Waals surface area contributed by atoms with Gasteiger partial charge in [-0.1, -0.05) is 18.2 Å². The number of amides is 1. The molecule has 0 fully saturated rings. The molecule has 0 spiro atoms. The topological polar surface area (TPSA) is 75.7 Å². The van der Waals surface area contributed by atoms with Gasteiger partial charge in [-0.15, -0.1) is 0 Å². The normalized spacial score (nSPS) is 13.3. The first-order valence-corrected chi connectivity index (χ1v) is 12.1. The number of ether oxygens (including phenoxy) is 1. The maximum absolute atomic E-state index is 13.3. The fraction of sp³-hybridized carbons (Fsp3) is 0.240. The third-order valence-corrected chi connectivity index (χ3v) is 7.47. The predicted octanol–water partition coefficient (Wildman–Crippen LogP) is 4.55. The molecule has 0 radical (unpaired) electrons. The Balaban J connectivity index is 1.49. The Labute approximate surface area is 193 Å². The lowest BCUT2D eigenvalue weighted by molar-refractivity contribution is -0.116. The lowest BCUT2D eigenvalue weighted by Gasteiger charge is -2.31. The molecular formula is C25H25FN2O4S. The summed E-state index contributed by atoms with van der Waals surface area (Å²) in [6.45, 7) is 0.321. The minimum absolute atomic E-state index is 0.0330. The second kappa shape index (κ2) is 9.62. The molecule has 0 saturated heterocycles. The molecule has 3 aromatic carbocycles.